The highest BCUT2D eigenvalue weighted by Crippen LogP contribution is 2.21. The van der Waals surface area contributed by atoms with Crippen LogP contribution in [0.1, 0.15) is 42.7 Å². The van der Waals surface area contributed by atoms with Crippen LogP contribution in [0.2, 0.25) is 0 Å². The highest BCUT2D eigenvalue weighted by molar-refractivity contribution is 5.91. The minimum absolute atomic E-state index is 0.339. The number of rotatable bonds is 4. The van der Waals surface area contributed by atoms with Gasteiger partial charge in [-0.05, 0) is 37.1 Å². The zero-order valence-electron chi connectivity index (χ0n) is 12.0. The van der Waals surface area contributed by atoms with Crippen molar-refractivity contribution in [3.8, 4) is 5.69 Å². The van der Waals surface area contributed by atoms with Gasteiger partial charge < -0.3 is 10.5 Å². The first kappa shape index (κ1) is 14.1. The lowest BCUT2D eigenvalue weighted by Gasteiger charge is -2.08. The van der Waals surface area contributed by atoms with E-state index in [4.69, 9.17) is 10.5 Å². The number of benzene rings is 1. The Morgan fingerprint density at radius 1 is 1.40 bits per heavy atom. The fraction of sp³-hybridized carbons (Fsp3) is 0.333. The van der Waals surface area contributed by atoms with Crippen molar-refractivity contribution in [1.82, 2.24) is 9.78 Å². The van der Waals surface area contributed by atoms with Crippen LogP contribution in [0.25, 0.3) is 5.69 Å². The highest BCUT2D eigenvalue weighted by Gasteiger charge is 2.12. The molecule has 1 heterocycles. The Morgan fingerprint density at radius 3 is 2.75 bits per heavy atom. The summed E-state index contributed by atoms with van der Waals surface area (Å²) >= 11 is 0. The molecule has 0 aliphatic heterocycles. The van der Waals surface area contributed by atoms with E-state index in [2.05, 4.69) is 18.9 Å². The quantitative estimate of drug-likeness (QED) is 0.687. The molecule has 0 saturated carbocycles. The molecule has 0 bridgehead atoms. The van der Waals surface area contributed by atoms with Gasteiger partial charge in [0.25, 0.3) is 0 Å². The van der Waals surface area contributed by atoms with Gasteiger partial charge in [-0.15, -0.1) is 0 Å². The minimum Gasteiger partial charge on any atom is -0.462 e. The van der Waals surface area contributed by atoms with E-state index >= 15 is 0 Å². The molecule has 2 N–H and O–H groups in total. The topological polar surface area (TPSA) is 70.1 Å². The molecule has 5 heteroatoms. The third-order valence-corrected chi connectivity index (χ3v) is 2.99. The summed E-state index contributed by atoms with van der Waals surface area (Å²) in [5.74, 6) is -0.0179. The van der Waals surface area contributed by atoms with Crippen LogP contribution < -0.4 is 5.73 Å². The van der Waals surface area contributed by atoms with E-state index < -0.39 is 0 Å². The number of nitrogens with two attached hydrogens (primary N) is 1. The predicted molar refractivity (Wildman–Crippen MR) is 78.0 cm³/mol. The van der Waals surface area contributed by atoms with Crippen molar-refractivity contribution in [2.75, 3.05) is 12.3 Å². The van der Waals surface area contributed by atoms with Crippen LogP contribution in [0.15, 0.2) is 30.5 Å². The number of nitrogens with zero attached hydrogens (tertiary/aromatic N) is 2. The van der Waals surface area contributed by atoms with Crippen LogP contribution in [0.5, 0.6) is 0 Å². The average molecular weight is 273 g/mol. The van der Waals surface area contributed by atoms with E-state index in [0.29, 0.717) is 29.5 Å². The summed E-state index contributed by atoms with van der Waals surface area (Å²) in [6.45, 7) is 6.27. The standard InChI is InChI=1S/C15H19N3O2/c1-4-20-15(19)11-5-6-12(16)14(9-11)18-8-7-13(17-18)10(2)3/h5-10H,4,16H2,1-3H3. The Bertz CT molecular complexity index is 617. The molecule has 1 aromatic heterocycles. The van der Waals surface area contributed by atoms with Crippen LogP contribution in [0, 0.1) is 0 Å². The maximum Gasteiger partial charge on any atom is 0.338 e. The number of aromatic nitrogens is 2. The molecule has 0 unspecified atom stereocenters. The number of hydrogen-bond donors (Lipinski definition) is 1. The molecule has 0 fully saturated rings. The summed E-state index contributed by atoms with van der Waals surface area (Å²) in [5.41, 5.74) is 8.66. The van der Waals surface area contributed by atoms with Crippen LogP contribution in [0.4, 0.5) is 5.69 Å². The second-order valence-electron chi connectivity index (χ2n) is 4.83. The number of carbonyl (C=O) groups is 1. The molecule has 0 saturated heterocycles. The maximum absolute atomic E-state index is 11.8. The van der Waals surface area contributed by atoms with E-state index in [-0.39, 0.29) is 5.97 Å². The maximum atomic E-state index is 11.8. The van der Waals surface area contributed by atoms with E-state index in [1.807, 2.05) is 12.3 Å². The monoisotopic (exact) mass is 273 g/mol. The summed E-state index contributed by atoms with van der Waals surface area (Å²) < 4.78 is 6.68. The molecule has 106 valence electrons. The van der Waals surface area contributed by atoms with Crippen molar-refractivity contribution < 1.29 is 9.53 Å². The molecular weight excluding hydrogens is 254 g/mol. The first-order chi connectivity index (χ1) is 9.52. The van der Waals surface area contributed by atoms with Gasteiger partial charge >= 0.3 is 5.97 Å². The summed E-state index contributed by atoms with van der Waals surface area (Å²) in [7, 11) is 0. The molecule has 0 amide bonds. The Balaban J connectivity index is 2.39. The summed E-state index contributed by atoms with van der Waals surface area (Å²) in [5, 5.41) is 4.47. The molecule has 0 atom stereocenters. The summed E-state index contributed by atoms with van der Waals surface area (Å²) in [6, 6.07) is 6.99. The number of carbonyl (C=O) groups excluding carboxylic acids is 1. The molecule has 0 spiro atoms. The zero-order chi connectivity index (χ0) is 14.7. The van der Waals surface area contributed by atoms with Crippen LogP contribution in [0.3, 0.4) is 0 Å². The van der Waals surface area contributed by atoms with Crippen molar-refractivity contribution in [3.05, 3.63) is 41.7 Å². The van der Waals surface area contributed by atoms with Gasteiger partial charge in [-0.3, -0.25) is 0 Å². The SMILES string of the molecule is CCOC(=O)c1ccc(N)c(-n2ccc(C(C)C)n2)c1. The Hall–Kier alpha value is -2.30. The second-order valence-corrected chi connectivity index (χ2v) is 4.83. The zero-order valence-corrected chi connectivity index (χ0v) is 12.0. The molecule has 0 radical (unpaired) electrons. The van der Waals surface area contributed by atoms with Crippen molar-refractivity contribution in [1.29, 1.82) is 0 Å². The number of ether oxygens (including phenoxy) is 1. The lowest BCUT2D eigenvalue weighted by Crippen LogP contribution is -2.08. The van der Waals surface area contributed by atoms with Crippen molar-refractivity contribution in [3.63, 3.8) is 0 Å². The number of anilines is 1. The molecular formula is C15H19N3O2. The smallest absolute Gasteiger partial charge is 0.338 e. The number of nitrogen functional groups attached to an aromatic ring is 1. The van der Waals surface area contributed by atoms with Gasteiger partial charge in [0.15, 0.2) is 0 Å². The first-order valence-corrected chi connectivity index (χ1v) is 6.65. The van der Waals surface area contributed by atoms with Crippen LogP contribution >= 0.6 is 0 Å². The number of esters is 1. The van der Waals surface area contributed by atoms with Gasteiger partial charge in [-0.2, -0.15) is 5.10 Å². The van der Waals surface area contributed by atoms with Gasteiger partial charge in [0.05, 0.1) is 29.2 Å². The third kappa shape index (κ3) is 2.82. The van der Waals surface area contributed by atoms with Gasteiger partial charge in [-0.25, -0.2) is 9.48 Å². The first-order valence-electron chi connectivity index (χ1n) is 6.65. The Kier molecular flexibility index (Phi) is 4.08. The van der Waals surface area contributed by atoms with Gasteiger partial charge in [0.1, 0.15) is 0 Å². The molecule has 0 aliphatic carbocycles. The van der Waals surface area contributed by atoms with E-state index in [9.17, 15) is 4.79 Å². The van der Waals surface area contributed by atoms with Crippen LogP contribution in [-0.4, -0.2) is 22.4 Å². The van der Waals surface area contributed by atoms with Crippen molar-refractivity contribution in [2.45, 2.75) is 26.7 Å². The van der Waals surface area contributed by atoms with E-state index in [1.54, 1.807) is 29.8 Å². The molecule has 2 rings (SSSR count). The highest BCUT2D eigenvalue weighted by atomic mass is 16.5. The van der Waals surface area contributed by atoms with Crippen LogP contribution in [-0.2, 0) is 4.74 Å². The van der Waals surface area contributed by atoms with Crippen molar-refractivity contribution in [2.24, 2.45) is 0 Å². The normalized spacial score (nSPS) is 10.8. The predicted octanol–water partition coefficient (Wildman–Crippen LogP) is 2.75. The lowest BCUT2D eigenvalue weighted by molar-refractivity contribution is 0.0526. The minimum atomic E-state index is -0.356. The van der Waals surface area contributed by atoms with Gasteiger partial charge in [-0.1, -0.05) is 13.8 Å². The fourth-order valence-corrected chi connectivity index (χ4v) is 1.86. The number of hydrogen-bond acceptors (Lipinski definition) is 4. The molecule has 20 heavy (non-hydrogen) atoms. The summed E-state index contributed by atoms with van der Waals surface area (Å²) in [4.78, 5) is 11.8. The molecule has 5 nitrogen and oxygen atoms in total. The fourth-order valence-electron chi connectivity index (χ4n) is 1.86. The van der Waals surface area contributed by atoms with Gasteiger partial charge in [0.2, 0.25) is 0 Å². The average Bonchev–Trinajstić information content (AvgIpc) is 2.89. The Morgan fingerprint density at radius 2 is 2.15 bits per heavy atom. The Labute approximate surface area is 118 Å². The van der Waals surface area contributed by atoms with Gasteiger partial charge in [0, 0.05) is 6.20 Å². The summed E-state index contributed by atoms with van der Waals surface area (Å²) in [6.07, 6.45) is 1.84. The molecule has 0 aliphatic rings. The third-order valence-electron chi connectivity index (χ3n) is 2.99. The van der Waals surface area contributed by atoms with E-state index in [0.717, 1.165) is 5.69 Å². The molecule has 1 aromatic carbocycles. The largest absolute Gasteiger partial charge is 0.462 e. The second kappa shape index (κ2) is 5.77. The van der Waals surface area contributed by atoms with Crippen molar-refractivity contribution >= 4 is 11.7 Å². The molecule has 2 aromatic rings. The lowest BCUT2D eigenvalue weighted by atomic mass is 10.1. The van der Waals surface area contributed by atoms with E-state index in [1.165, 1.54) is 0 Å².